The molecule has 1 aliphatic heterocycles. The summed E-state index contributed by atoms with van der Waals surface area (Å²) in [7, 11) is 0. The fourth-order valence-electron chi connectivity index (χ4n) is 4.46. The van der Waals surface area contributed by atoms with Crippen LogP contribution in [0.2, 0.25) is 0 Å². The van der Waals surface area contributed by atoms with E-state index in [9.17, 15) is 4.39 Å². The second-order valence-corrected chi connectivity index (χ2v) is 8.43. The van der Waals surface area contributed by atoms with Gasteiger partial charge in [0.2, 0.25) is 0 Å². The van der Waals surface area contributed by atoms with E-state index in [0.29, 0.717) is 6.54 Å². The van der Waals surface area contributed by atoms with Gasteiger partial charge in [-0.1, -0.05) is 72.8 Å². The summed E-state index contributed by atoms with van der Waals surface area (Å²) in [5, 5.41) is 12.7. The summed E-state index contributed by atoms with van der Waals surface area (Å²) in [6.07, 6.45) is 0. The predicted octanol–water partition coefficient (Wildman–Crippen LogP) is 3.77. The zero-order valence-corrected chi connectivity index (χ0v) is 18.5. The van der Waals surface area contributed by atoms with E-state index in [1.807, 2.05) is 10.7 Å². The molecule has 2 heterocycles. The van der Waals surface area contributed by atoms with E-state index in [0.717, 1.165) is 44.1 Å². The maximum atomic E-state index is 13.3. The normalized spacial score (nSPS) is 16.0. The molecule has 6 nitrogen and oxygen atoms in total. The van der Waals surface area contributed by atoms with Gasteiger partial charge >= 0.3 is 0 Å². The van der Waals surface area contributed by atoms with Crippen LogP contribution in [0.5, 0.6) is 0 Å². The molecule has 1 saturated heterocycles. The third kappa shape index (κ3) is 5.16. The number of hydrogen-bond donors (Lipinski definition) is 0. The molecule has 3 aromatic carbocycles. The number of piperazine rings is 1. The van der Waals surface area contributed by atoms with Crippen LogP contribution in [0, 0.1) is 5.82 Å². The highest BCUT2D eigenvalue weighted by molar-refractivity contribution is 5.26. The largest absolute Gasteiger partial charge is 0.297 e. The topological polar surface area (TPSA) is 50.1 Å². The number of benzene rings is 3. The molecule has 168 valence electrons. The Labute approximate surface area is 193 Å². The smallest absolute Gasteiger partial charge is 0.173 e. The molecule has 0 unspecified atom stereocenters. The van der Waals surface area contributed by atoms with Crippen LogP contribution in [0.15, 0.2) is 84.9 Å². The Balaban J connectivity index is 1.36. The van der Waals surface area contributed by atoms with Gasteiger partial charge in [0.15, 0.2) is 5.82 Å². The lowest BCUT2D eigenvalue weighted by molar-refractivity contribution is 0.100. The Morgan fingerprint density at radius 1 is 0.727 bits per heavy atom. The van der Waals surface area contributed by atoms with Crippen LogP contribution < -0.4 is 0 Å². The number of halogens is 1. The van der Waals surface area contributed by atoms with Gasteiger partial charge < -0.3 is 0 Å². The molecule has 1 atom stereocenters. The van der Waals surface area contributed by atoms with Crippen molar-refractivity contribution >= 4 is 0 Å². The molecule has 0 aliphatic carbocycles. The lowest BCUT2D eigenvalue weighted by Gasteiger charge is -2.39. The summed E-state index contributed by atoms with van der Waals surface area (Å²) in [5.41, 5.74) is 3.47. The number of nitrogens with zero attached hydrogens (tertiary/aromatic N) is 6. The van der Waals surface area contributed by atoms with Crippen LogP contribution in [0.25, 0.3) is 0 Å². The van der Waals surface area contributed by atoms with E-state index in [2.05, 4.69) is 79.9 Å². The van der Waals surface area contributed by atoms with Crippen LogP contribution in [0.1, 0.15) is 28.6 Å². The molecule has 7 heteroatoms. The zero-order chi connectivity index (χ0) is 22.5. The first kappa shape index (κ1) is 21.4. The average Bonchev–Trinajstić information content (AvgIpc) is 3.31. The van der Waals surface area contributed by atoms with Crippen LogP contribution in [-0.2, 0) is 13.1 Å². The standard InChI is InChI=1S/C26H27FN6/c27-24-13-11-22(12-14-24)20-33-26(28-29-30-33)25(23-9-5-2-6-10-23)32-17-15-31(16-18-32)19-21-7-3-1-4-8-21/h1-14,25H,15-20H2/t25-/m1/s1. The maximum Gasteiger partial charge on any atom is 0.173 e. The third-order valence-electron chi connectivity index (χ3n) is 6.19. The first-order valence-corrected chi connectivity index (χ1v) is 11.3. The lowest BCUT2D eigenvalue weighted by atomic mass is 10.0. The van der Waals surface area contributed by atoms with E-state index >= 15 is 0 Å². The second kappa shape index (κ2) is 10.0. The number of rotatable bonds is 7. The second-order valence-electron chi connectivity index (χ2n) is 8.43. The molecular weight excluding hydrogens is 415 g/mol. The summed E-state index contributed by atoms with van der Waals surface area (Å²) in [6.45, 7) is 5.29. The molecule has 1 aliphatic rings. The van der Waals surface area contributed by atoms with Gasteiger partial charge in [-0.05, 0) is 39.2 Å². The van der Waals surface area contributed by atoms with Crippen molar-refractivity contribution in [2.75, 3.05) is 26.2 Å². The molecule has 1 fully saturated rings. The highest BCUT2D eigenvalue weighted by Gasteiger charge is 2.30. The van der Waals surface area contributed by atoms with E-state index in [4.69, 9.17) is 0 Å². The van der Waals surface area contributed by atoms with Gasteiger partial charge in [0.25, 0.3) is 0 Å². The Morgan fingerprint density at radius 3 is 2.06 bits per heavy atom. The maximum absolute atomic E-state index is 13.3. The molecule has 0 amide bonds. The SMILES string of the molecule is Fc1ccc(Cn2nnnc2[C@@H](c2ccccc2)N2CCN(Cc3ccccc3)CC2)cc1. The molecule has 0 radical (unpaired) electrons. The van der Waals surface area contributed by atoms with Crippen molar-refractivity contribution in [3.8, 4) is 0 Å². The summed E-state index contributed by atoms with van der Waals surface area (Å²) < 4.78 is 15.2. The summed E-state index contributed by atoms with van der Waals surface area (Å²) in [4.78, 5) is 4.96. The highest BCUT2D eigenvalue weighted by atomic mass is 19.1. The fourth-order valence-corrected chi connectivity index (χ4v) is 4.46. The van der Waals surface area contributed by atoms with Crippen LogP contribution in [0.4, 0.5) is 4.39 Å². The van der Waals surface area contributed by atoms with Gasteiger partial charge in [0.1, 0.15) is 5.82 Å². The Bertz CT molecular complexity index is 1140. The fraction of sp³-hybridized carbons (Fsp3) is 0.269. The van der Waals surface area contributed by atoms with Crippen molar-refractivity contribution in [3.05, 3.63) is 113 Å². The zero-order valence-electron chi connectivity index (χ0n) is 18.5. The molecule has 33 heavy (non-hydrogen) atoms. The van der Waals surface area contributed by atoms with Gasteiger partial charge in [0, 0.05) is 32.7 Å². The van der Waals surface area contributed by atoms with Crippen molar-refractivity contribution in [2.24, 2.45) is 0 Å². The van der Waals surface area contributed by atoms with Gasteiger partial charge in [-0.2, -0.15) is 0 Å². The van der Waals surface area contributed by atoms with Crippen molar-refractivity contribution in [2.45, 2.75) is 19.1 Å². The van der Waals surface area contributed by atoms with E-state index in [1.54, 1.807) is 12.1 Å². The molecule has 4 aromatic rings. The quantitative estimate of drug-likeness (QED) is 0.436. The Kier molecular flexibility index (Phi) is 6.51. The van der Waals surface area contributed by atoms with Gasteiger partial charge in [-0.3, -0.25) is 9.80 Å². The van der Waals surface area contributed by atoms with Crippen molar-refractivity contribution in [1.82, 2.24) is 30.0 Å². The molecule has 0 bridgehead atoms. The first-order valence-electron chi connectivity index (χ1n) is 11.3. The number of aromatic nitrogens is 4. The average molecular weight is 443 g/mol. The molecule has 1 aromatic heterocycles. The molecular formula is C26H27FN6. The van der Waals surface area contributed by atoms with E-state index in [-0.39, 0.29) is 11.9 Å². The summed E-state index contributed by atoms with van der Waals surface area (Å²) in [5.74, 6) is 0.563. The molecule has 0 saturated carbocycles. The summed E-state index contributed by atoms with van der Waals surface area (Å²) in [6, 6.07) is 27.5. The summed E-state index contributed by atoms with van der Waals surface area (Å²) >= 11 is 0. The Morgan fingerprint density at radius 2 is 1.36 bits per heavy atom. The van der Waals surface area contributed by atoms with Gasteiger partial charge in [-0.15, -0.1) is 5.10 Å². The van der Waals surface area contributed by atoms with Crippen molar-refractivity contribution in [1.29, 1.82) is 0 Å². The monoisotopic (exact) mass is 442 g/mol. The first-order chi connectivity index (χ1) is 16.3. The molecule has 0 N–H and O–H groups in total. The van der Waals surface area contributed by atoms with Gasteiger partial charge in [-0.25, -0.2) is 9.07 Å². The van der Waals surface area contributed by atoms with Crippen LogP contribution >= 0.6 is 0 Å². The van der Waals surface area contributed by atoms with Crippen LogP contribution in [-0.4, -0.2) is 56.2 Å². The van der Waals surface area contributed by atoms with Crippen molar-refractivity contribution < 1.29 is 4.39 Å². The van der Waals surface area contributed by atoms with Crippen molar-refractivity contribution in [3.63, 3.8) is 0 Å². The number of hydrogen-bond acceptors (Lipinski definition) is 5. The van der Waals surface area contributed by atoms with Crippen LogP contribution in [0.3, 0.4) is 0 Å². The minimum atomic E-state index is -0.244. The Hall–Kier alpha value is -3.42. The lowest BCUT2D eigenvalue weighted by Crippen LogP contribution is -2.47. The minimum absolute atomic E-state index is 0.0412. The van der Waals surface area contributed by atoms with E-state index in [1.165, 1.54) is 23.3 Å². The number of tetrazole rings is 1. The predicted molar refractivity (Wildman–Crippen MR) is 125 cm³/mol. The third-order valence-corrected chi connectivity index (χ3v) is 6.19. The molecule has 5 rings (SSSR count). The van der Waals surface area contributed by atoms with Gasteiger partial charge in [0.05, 0.1) is 12.6 Å². The highest BCUT2D eigenvalue weighted by Crippen LogP contribution is 2.28. The van der Waals surface area contributed by atoms with E-state index < -0.39 is 0 Å². The minimum Gasteiger partial charge on any atom is -0.297 e. The molecule has 0 spiro atoms.